The van der Waals surface area contributed by atoms with Crippen molar-refractivity contribution in [1.82, 2.24) is 0 Å². The third kappa shape index (κ3) is 10.9. The first-order valence-corrected chi connectivity index (χ1v) is 1.62. The second kappa shape index (κ2) is 8.99. The molecule has 0 spiro atoms. The van der Waals surface area contributed by atoms with Gasteiger partial charge in [0.2, 0.25) is 0 Å². The Balaban J connectivity index is -0.0000000150. The van der Waals surface area contributed by atoms with E-state index in [9.17, 15) is 0 Å². The van der Waals surface area contributed by atoms with Gasteiger partial charge in [-0.15, -0.1) is 18.2 Å². The van der Waals surface area contributed by atoms with Crippen LogP contribution in [0.15, 0.2) is 12.7 Å². The molecule has 0 aromatic carbocycles. The molecule has 0 aromatic rings. The van der Waals surface area contributed by atoms with E-state index in [4.69, 9.17) is 11.6 Å². The number of hydrogen-bond donors (Lipinski definition) is 0. The van der Waals surface area contributed by atoms with Crippen molar-refractivity contribution in [1.29, 1.82) is 0 Å². The quantitative estimate of drug-likeness (QED) is 0.276. The fourth-order valence-electron chi connectivity index (χ4n) is 0. The second-order valence-corrected chi connectivity index (χ2v) is 0.752. The van der Waals surface area contributed by atoms with Gasteiger partial charge in [-0.3, -0.25) is 0 Å². The van der Waals surface area contributed by atoms with E-state index >= 15 is 0 Å². The van der Waals surface area contributed by atoms with Crippen LogP contribution >= 0.6 is 11.6 Å². The predicted molar refractivity (Wildman–Crippen MR) is 28.9 cm³/mol. The van der Waals surface area contributed by atoms with Crippen molar-refractivity contribution in [3.05, 3.63) is 12.7 Å². The van der Waals surface area contributed by atoms with Gasteiger partial charge in [-0.2, -0.15) is 0 Å². The molecule has 0 N–H and O–H groups in total. The molecule has 0 radical (unpaired) electrons. The molecule has 0 rings (SSSR count). The van der Waals surface area contributed by atoms with Crippen LogP contribution in [0, 0.1) is 0 Å². The Morgan fingerprint density at radius 1 is 2.00 bits per heavy atom. The van der Waals surface area contributed by atoms with Crippen LogP contribution < -0.4 is 0 Å². The maximum absolute atomic E-state index is 5.07. The summed E-state index contributed by atoms with van der Waals surface area (Å²) < 4.78 is 0. The molecule has 0 nitrogen and oxygen atoms in total. The molecule has 0 aliphatic rings. The SMILES string of the molecule is C=CCCl.[Ca+2].[H-].[H-]. The fraction of sp³-hybridized carbons (Fsp3) is 0.333. The first kappa shape index (κ1) is 9.56. The van der Waals surface area contributed by atoms with Crippen molar-refractivity contribution in [2.45, 2.75) is 0 Å². The zero-order valence-electron chi connectivity index (χ0n) is 5.08. The summed E-state index contributed by atoms with van der Waals surface area (Å²) in [4.78, 5) is 0. The van der Waals surface area contributed by atoms with Crippen LogP contribution in [-0.2, 0) is 0 Å². The number of rotatable bonds is 1. The summed E-state index contributed by atoms with van der Waals surface area (Å²) in [6.45, 7) is 3.35. The molecule has 28 valence electrons. The molecule has 5 heavy (non-hydrogen) atoms. The largest absolute Gasteiger partial charge is 2.00 e. The molecule has 2 heteroatoms. The zero-order chi connectivity index (χ0) is 3.41. The van der Waals surface area contributed by atoms with Crippen LogP contribution in [0.1, 0.15) is 2.85 Å². The Labute approximate surface area is 70.2 Å². The van der Waals surface area contributed by atoms with Crippen LogP contribution in [-0.4, -0.2) is 43.6 Å². The summed E-state index contributed by atoms with van der Waals surface area (Å²) >= 11 is 5.07. The maximum atomic E-state index is 5.07. The standard InChI is InChI=1S/C3H5Cl.Ca.2H/c1-2-3-4;;;/h2H,1,3H2;;;/q;+2;2*-1. The summed E-state index contributed by atoms with van der Waals surface area (Å²) in [6.07, 6.45) is 1.64. The Morgan fingerprint density at radius 3 is 2.20 bits per heavy atom. The van der Waals surface area contributed by atoms with Crippen molar-refractivity contribution in [3.8, 4) is 0 Å². The van der Waals surface area contributed by atoms with E-state index in [0.717, 1.165) is 0 Å². The third-order valence-electron chi connectivity index (χ3n) is 0.109. The van der Waals surface area contributed by atoms with Crippen molar-refractivity contribution >= 4 is 49.3 Å². The number of allylic oxidation sites excluding steroid dienone is 1. The van der Waals surface area contributed by atoms with Crippen LogP contribution in [0.5, 0.6) is 0 Å². The van der Waals surface area contributed by atoms with E-state index in [0.29, 0.717) is 5.88 Å². The van der Waals surface area contributed by atoms with Gasteiger partial charge >= 0.3 is 37.7 Å². The summed E-state index contributed by atoms with van der Waals surface area (Å²) in [5, 5.41) is 0. The van der Waals surface area contributed by atoms with Gasteiger partial charge in [0.25, 0.3) is 0 Å². The molecular formula is C3H7CaCl. The minimum atomic E-state index is 0. The molecule has 0 fully saturated rings. The van der Waals surface area contributed by atoms with Gasteiger partial charge in [0, 0.05) is 5.88 Å². The molecule has 0 amide bonds. The summed E-state index contributed by atoms with van der Waals surface area (Å²) in [5.74, 6) is 0.556. The van der Waals surface area contributed by atoms with E-state index in [1.807, 2.05) is 0 Å². The summed E-state index contributed by atoms with van der Waals surface area (Å²) in [5.41, 5.74) is 0. The molecule has 0 aromatic heterocycles. The average Bonchev–Trinajstić information content (AvgIpc) is 1.37. The van der Waals surface area contributed by atoms with Gasteiger partial charge in [0.1, 0.15) is 0 Å². The minimum absolute atomic E-state index is 0. The van der Waals surface area contributed by atoms with E-state index < -0.39 is 0 Å². The van der Waals surface area contributed by atoms with E-state index in [-0.39, 0.29) is 40.6 Å². The number of hydrogen-bond acceptors (Lipinski definition) is 0. The first-order valence-electron chi connectivity index (χ1n) is 1.08. The second-order valence-electron chi connectivity index (χ2n) is 0.443. The van der Waals surface area contributed by atoms with Gasteiger partial charge in [-0.1, -0.05) is 6.08 Å². The molecule has 0 atom stereocenters. The van der Waals surface area contributed by atoms with Crippen LogP contribution in [0.2, 0.25) is 0 Å². The van der Waals surface area contributed by atoms with Crippen molar-refractivity contribution in [2.75, 3.05) is 5.88 Å². The van der Waals surface area contributed by atoms with Gasteiger partial charge in [-0.25, -0.2) is 0 Å². The Hall–Kier alpha value is 1.29. The molecule has 0 heterocycles. The van der Waals surface area contributed by atoms with Crippen molar-refractivity contribution < 1.29 is 2.85 Å². The molecule has 0 aliphatic carbocycles. The first-order chi connectivity index (χ1) is 1.91. The number of alkyl halides is 1. The van der Waals surface area contributed by atoms with E-state index in [1.165, 1.54) is 0 Å². The summed E-state index contributed by atoms with van der Waals surface area (Å²) in [6, 6.07) is 0. The van der Waals surface area contributed by atoms with E-state index in [2.05, 4.69) is 6.58 Å². The molecule has 0 aliphatic heterocycles. The molecule has 0 saturated heterocycles. The zero-order valence-corrected chi connectivity index (χ0v) is 6.04. The van der Waals surface area contributed by atoms with Crippen LogP contribution in [0.3, 0.4) is 0 Å². The summed E-state index contributed by atoms with van der Waals surface area (Å²) in [7, 11) is 0. The fourth-order valence-corrected chi connectivity index (χ4v) is 0. The van der Waals surface area contributed by atoms with Gasteiger partial charge in [-0.05, 0) is 0 Å². The van der Waals surface area contributed by atoms with Gasteiger partial charge in [0.05, 0.1) is 0 Å². The minimum Gasteiger partial charge on any atom is -1.00 e. The predicted octanol–water partition coefficient (Wildman–Crippen LogP) is 1.26. The number of halogens is 1. The van der Waals surface area contributed by atoms with Gasteiger partial charge in [0.15, 0.2) is 0 Å². The monoisotopic (exact) mass is 118 g/mol. The van der Waals surface area contributed by atoms with Gasteiger partial charge < -0.3 is 2.85 Å². The maximum Gasteiger partial charge on any atom is 2.00 e. The molecule has 0 unspecified atom stereocenters. The Bertz CT molecular complexity index is 26.9. The van der Waals surface area contributed by atoms with Crippen LogP contribution in [0.4, 0.5) is 0 Å². The molecule has 0 saturated carbocycles. The Kier molecular flexibility index (Phi) is 17.2. The van der Waals surface area contributed by atoms with Crippen LogP contribution in [0.25, 0.3) is 0 Å². The normalized spacial score (nSPS) is 5.00. The Morgan fingerprint density at radius 2 is 2.20 bits per heavy atom. The smallest absolute Gasteiger partial charge is 1.00 e. The molecule has 0 bridgehead atoms. The van der Waals surface area contributed by atoms with E-state index in [1.54, 1.807) is 6.08 Å². The van der Waals surface area contributed by atoms with Crippen molar-refractivity contribution in [3.63, 3.8) is 0 Å². The topological polar surface area (TPSA) is 0 Å². The molecular weight excluding hydrogens is 112 g/mol. The average molecular weight is 119 g/mol. The van der Waals surface area contributed by atoms with Crippen molar-refractivity contribution in [2.24, 2.45) is 0 Å². The third-order valence-corrected chi connectivity index (χ3v) is 0.327.